The fraction of sp³-hybridized carbons (Fsp3) is 0.467. The van der Waals surface area contributed by atoms with E-state index >= 15 is 0 Å². The summed E-state index contributed by atoms with van der Waals surface area (Å²) in [6.07, 6.45) is 1.67. The van der Waals surface area contributed by atoms with E-state index in [2.05, 4.69) is 17.1 Å². The molecule has 0 amide bonds. The number of nitrogens with zero attached hydrogens (tertiary/aromatic N) is 2. The van der Waals surface area contributed by atoms with Crippen LogP contribution < -0.4 is 15.2 Å². The number of nitrogens with two attached hydrogens (primary N) is 1. The first-order valence-corrected chi connectivity index (χ1v) is 7.35. The maximum atomic E-state index is 6.20. The van der Waals surface area contributed by atoms with E-state index in [0.29, 0.717) is 33.8 Å². The van der Waals surface area contributed by atoms with Crippen LogP contribution in [0.4, 0.5) is 0 Å². The fourth-order valence-corrected chi connectivity index (χ4v) is 2.53. The second-order valence-corrected chi connectivity index (χ2v) is 5.69. The molecule has 0 aliphatic rings. The predicted octanol–water partition coefficient (Wildman–Crippen LogP) is 3.38. The monoisotopic (exact) mass is 325 g/mol. The number of aromatic nitrogens is 2. The zero-order chi connectivity index (χ0) is 16.3. The number of hydrogen-bond donors (Lipinski definition) is 1. The highest BCUT2D eigenvalue weighted by molar-refractivity contribution is 6.32. The van der Waals surface area contributed by atoms with Crippen molar-refractivity contribution in [1.82, 2.24) is 10.1 Å². The van der Waals surface area contributed by atoms with Crippen LogP contribution in [0, 0.1) is 0 Å². The summed E-state index contributed by atoms with van der Waals surface area (Å²) in [4.78, 5) is 4.39. The minimum atomic E-state index is -0.652. The Hall–Kier alpha value is -1.79. The molecule has 1 aromatic heterocycles. The van der Waals surface area contributed by atoms with E-state index < -0.39 is 5.54 Å². The van der Waals surface area contributed by atoms with Gasteiger partial charge in [-0.1, -0.05) is 30.1 Å². The Balaban J connectivity index is 2.41. The molecule has 120 valence electrons. The predicted molar refractivity (Wildman–Crippen MR) is 84.3 cm³/mol. The third kappa shape index (κ3) is 3.18. The molecule has 2 rings (SSSR count). The van der Waals surface area contributed by atoms with Gasteiger partial charge in [-0.15, -0.1) is 0 Å². The quantitative estimate of drug-likeness (QED) is 0.876. The van der Waals surface area contributed by atoms with Gasteiger partial charge in [0.2, 0.25) is 11.7 Å². The van der Waals surface area contributed by atoms with E-state index in [9.17, 15) is 0 Å². The van der Waals surface area contributed by atoms with E-state index in [1.54, 1.807) is 12.1 Å². The van der Waals surface area contributed by atoms with Crippen molar-refractivity contribution >= 4 is 11.6 Å². The first kappa shape index (κ1) is 16.6. The zero-order valence-electron chi connectivity index (χ0n) is 13.1. The lowest BCUT2D eigenvalue weighted by atomic mass is 9.98. The number of hydrogen-bond acceptors (Lipinski definition) is 6. The van der Waals surface area contributed by atoms with E-state index in [-0.39, 0.29) is 0 Å². The second-order valence-electron chi connectivity index (χ2n) is 5.28. The highest BCUT2D eigenvalue weighted by atomic mass is 35.5. The lowest BCUT2D eigenvalue weighted by Gasteiger charge is -2.18. The minimum absolute atomic E-state index is 0.398. The molecular formula is C15H20ClN3O3. The smallest absolute Gasteiger partial charge is 0.246 e. The molecule has 6 nitrogen and oxygen atoms in total. The molecule has 1 unspecified atom stereocenters. The average molecular weight is 326 g/mol. The van der Waals surface area contributed by atoms with Crippen molar-refractivity contribution in [1.29, 1.82) is 0 Å². The topological polar surface area (TPSA) is 83.4 Å². The van der Waals surface area contributed by atoms with Crippen molar-refractivity contribution in [3.63, 3.8) is 0 Å². The van der Waals surface area contributed by atoms with Gasteiger partial charge in [0.05, 0.1) is 24.8 Å². The van der Waals surface area contributed by atoms with Crippen molar-refractivity contribution < 1.29 is 14.0 Å². The van der Waals surface area contributed by atoms with Crippen LogP contribution in [-0.2, 0) is 5.54 Å². The van der Waals surface area contributed by atoms with E-state index in [0.717, 1.165) is 12.8 Å². The first-order chi connectivity index (χ1) is 10.4. The Morgan fingerprint density at radius 3 is 2.64 bits per heavy atom. The highest BCUT2D eigenvalue weighted by Crippen LogP contribution is 2.38. The summed E-state index contributed by atoms with van der Waals surface area (Å²) in [6, 6.07) is 3.44. The van der Waals surface area contributed by atoms with Gasteiger partial charge in [0.1, 0.15) is 0 Å². The molecule has 7 heteroatoms. The van der Waals surface area contributed by atoms with Crippen LogP contribution in [0.1, 0.15) is 32.6 Å². The van der Waals surface area contributed by atoms with Crippen molar-refractivity contribution in [2.45, 2.75) is 32.2 Å². The lowest BCUT2D eigenvalue weighted by molar-refractivity contribution is 0.284. The standard InChI is InChI=1S/C15H20ClN3O3/c1-5-6-15(2,17)14-18-13(19-22-14)9-7-10(16)12(21-4)11(8-9)20-3/h7-8H,5-6,17H2,1-4H3. The fourth-order valence-electron chi connectivity index (χ4n) is 2.25. The van der Waals surface area contributed by atoms with Gasteiger partial charge in [0, 0.05) is 5.56 Å². The minimum Gasteiger partial charge on any atom is -0.493 e. The normalized spacial score (nSPS) is 13.7. The first-order valence-electron chi connectivity index (χ1n) is 6.98. The summed E-state index contributed by atoms with van der Waals surface area (Å²) in [7, 11) is 3.07. The van der Waals surface area contributed by atoms with Gasteiger partial charge in [-0.2, -0.15) is 4.98 Å². The average Bonchev–Trinajstić information content (AvgIpc) is 2.97. The molecule has 0 bridgehead atoms. The van der Waals surface area contributed by atoms with Gasteiger partial charge in [-0.25, -0.2) is 0 Å². The Morgan fingerprint density at radius 2 is 2.05 bits per heavy atom. The SMILES string of the molecule is CCCC(C)(N)c1nc(-c2cc(Cl)c(OC)c(OC)c2)no1. The van der Waals surface area contributed by atoms with Crippen LogP contribution in [0.2, 0.25) is 5.02 Å². The largest absolute Gasteiger partial charge is 0.493 e. The molecule has 0 aliphatic carbocycles. The molecule has 1 atom stereocenters. The molecule has 0 saturated carbocycles. The van der Waals surface area contributed by atoms with Crippen LogP contribution in [-0.4, -0.2) is 24.4 Å². The Kier molecular flexibility index (Phi) is 4.93. The van der Waals surface area contributed by atoms with Gasteiger partial charge >= 0.3 is 0 Å². The zero-order valence-corrected chi connectivity index (χ0v) is 13.9. The third-order valence-corrected chi connectivity index (χ3v) is 3.66. The van der Waals surface area contributed by atoms with E-state index in [1.165, 1.54) is 14.2 Å². The summed E-state index contributed by atoms with van der Waals surface area (Å²) in [5, 5.41) is 4.40. The Bertz CT molecular complexity index is 655. The summed E-state index contributed by atoms with van der Waals surface area (Å²) >= 11 is 6.19. The van der Waals surface area contributed by atoms with Crippen molar-refractivity contribution in [2.24, 2.45) is 5.73 Å². The van der Waals surface area contributed by atoms with Crippen molar-refractivity contribution in [3.8, 4) is 22.9 Å². The number of halogens is 1. The molecule has 0 saturated heterocycles. The molecule has 2 aromatic rings. The molecule has 22 heavy (non-hydrogen) atoms. The molecule has 0 spiro atoms. The number of ether oxygens (including phenoxy) is 2. The molecule has 1 heterocycles. The van der Waals surface area contributed by atoms with E-state index in [1.807, 2.05) is 6.92 Å². The van der Waals surface area contributed by atoms with Crippen LogP contribution >= 0.6 is 11.6 Å². The van der Waals surface area contributed by atoms with Crippen LogP contribution in [0.15, 0.2) is 16.7 Å². The second kappa shape index (κ2) is 6.54. The molecule has 2 N–H and O–H groups in total. The molecule has 0 aliphatic heterocycles. The lowest BCUT2D eigenvalue weighted by Crippen LogP contribution is -2.33. The van der Waals surface area contributed by atoms with Crippen molar-refractivity contribution in [3.05, 3.63) is 23.0 Å². The Labute approximate surface area is 134 Å². The summed E-state index contributed by atoms with van der Waals surface area (Å²) in [5.41, 5.74) is 6.22. The third-order valence-electron chi connectivity index (χ3n) is 3.38. The summed E-state index contributed by atoms with van der Waals surface area (Å²) < 4.78 is 15.8. The highest BCUT2D eigenvalue weighted by Gasteiger charge is 2.28. The number of benzene rings is 1. The van der Waals surface area contributed by atoms with Gasteiger partial charge in [-0.3, -0.25) is 0 Å². The Morgan fingerprint density at radius 1 is 1.32 bits per heavy atom. The van der Waals surface area contributed by atoms with Gasteiger partial charge in [-0.05, 0) is 25.5 Å². The summed E-state index contributed by atoms with van der Waals surface area (Å²) in [5.74, 6) is 1.77. The van der Waals surface area contributed by atoms with Crippen LogP contribution in [0.25, 0.3) is 11.4 Å². The number of methoxy groups -OCH3 is 2. The molecule has 0 fully saturated rings. The molecule has 0 radical (unpaired) electrons. The van der Waals surface area contributed by atoms with E-state index in [4.69, 9.17) is 31.3 Å². The van der Waals surface area contributed by atoms with Crippen LogP contribution in [0.3, 0.4) is 0 Å². The van der Waals surface area contributed by atoms with Crippen molar-refractivity contribution in [2.75, 3.05) is 14.2 Å². The van der Waals surface area contributed by atoms with Crippen LogP contribution in [0.5, 0.6) is 11.5 Å². The van der Waals surface area contributed by atoms with Gasteiger partial charge in [0.15, 0.2) is 11.5 Å². The van der Waals surface area contributed by atoms with Gasteiger partial charge in [0.25, 0.3) is 0 Å². The number of rotatable bonds is 6. The van der Waals surface area contributed by atoms with Gasteiger partial charge < -0.3 is 19.7 Å². The maximum absolute atomic E-state index is 6.20. The molecular weight excluding hydrogens is 306 g/mol. The summed E-state index contributed by atoms with van der Waals surface area (Å²) in [6.45, 7) is 3.92. The maximum Gasteiger partial charge on any atom is 0.246 e. The molecule has 1 aromatic carbocycles.